The van der Waals surface area contributed by atoms with Crippen molar-refractivity contribution in [1.82, 2.24) is 0 Å². The van der Waals surface area contributed by atoms with Crippen LogP contribution in [-0.2, 0) is 19.1 Å². The van der Waals surface area contributed by atoms with Gasteiger partial charge in [-0.05, 0) is 55.6 Å². The molecule has 0 spiro atoms. The molecule has 1 aliphatic rings. The van der Waals surface area contributed by atoms with Crippen molar-refractivity contribution in [3.63, 3.8) is 0 Å². The number of alkyl halides is 2. The molecule has 1 aromatic carbocycles. The van der Waals surface area contributed by atoms with Crippen LogP contribution in [0.5, 0.6) is 0 Å². The zero-order valence-electron chi connectivity index (χ0n) is 20.1. The van der Waals surface area contributed by atoms with E-state index in [-0.39, 0.29) is 40.6 Å². The first-order chi connectivity index (χ1) is 15.9. The lowest BCUT2D eigenvalue weighted by atomic mass is 9.85. The number of hydrogen-bond donors (Lipinski definition) is 0. The van der Waals surface area contributed by atoms with Crippen LogP contribution >= 0.6 is 23.2 Å². The molecule has 2 rings (SSSR count). The molecule has 0 aromatic heterocycles. The summed E-state index contributed by atoms with van der Waals surface area (Å²) >= 11 is 13.4. The fourth-order valence-corrected chi connectivity index (χ4v) is 5.69. The summed E-state index contributed by atoms with van der Waals surface area (Å²) in [6, 6.07) is 8.38. The van der Waals surface area contributed by atoms with Gasteiger partial charge in [-0.3, -0.25) is 9.59 Å². The summed E-state index contributed by atoms with van der Waals surface area (Å²) in [5.41, 5.74) is 2.21. The fourth-order valence-electron chi connectivity index (χ4n) is 4.62. The predicted octanol–water partition coefficient (Wildman–Crippen LogP) is 7.48. The molecule has 184 valence electrons. The van der Waals surface area contributed by atoms with E-state index in [0.29, 0.717) is 6.42 Å². The van der Waals surface area contributed by atoms with Crippen molar-refractivity contribution in [1.29, 1.82) is 0 Å². The number of esters is 2. The Morgan fingerprint density at radius 2 is 1.82 bits per heavy atom. The Labute approximate surface area is 209 Å². The highest BCUT2D eigenvalue weighted by Crippen LogP contribution is 2.47. The molecule has 1 aliphatic carbocycles. The molecule has 6 heteroatoms. The average Bonchev–Trinajstić information content (AvgIpc) is 3.07. The predicted molar refractivity (Wildman–Crippen MR) is 135 cm³/mol. The molecule has 0 heterocycles. The minimum atomic E-state index is -0.249. The Kier molecular flexibility index (Phi) is 12.3. The summed E-state index contributed by atoms with van der Waals surface area (Å²) in [6.45, 7) is 3.63. The maximum atomic E-state index is 11.6. The van der Waals surface area contributed by atoms with Crippen LogP contribution in [0.4, 0.5) is 0 Å². The van der Waals surface area contributed by atoms with E-state index < -0.39 is 0 Å². The van der Waals surface area contributed by atoms with E-state index in [0.717, 1.165) is 56.9 Å². The number of allylic oxidation sites excluding steroid dienone is 2. The van der Waals surface area contributed by atoms with Crippen molar-refractivity contribution in [2.45, 2.75) is 94.4 Å². The molecule has 5 atom stereocenters. The van der Waals surface area contributed by atoms with Gasteiger partial charge in [-0.15, -0.1) is 23.2 Å². The molecule has 33 heavy (non-hydrogen) atoms. The Bertz CT molecular complexity index is 762. The van der Waals surface area contributed by atoms with E-state index in [1.54, 1.807) is 0 Å². The van der Waals surface area contributed by atoms with E-state index in [9.17, 15) is 9.59 Å². The monoisotopic (exact) mass is 496 g/mol. The van der Waals surface area contributed by atoms with Gasteiger partial charge in [-0.25, -0.2) is 0 Å². The van der Waals surface area contributed by atoms with Gasteiger partial charge < -0.3 is 9.47 Å². The molecule has 1 unspecified atom stereocenters. The van der Waals surface area contributed by atoms with Crippen LogP contribution in [0.3, 0.4) is 0 Å². The summed E-state index contributed by atoms with van der Waals surface area (Å²) in [4.78, 5) is 22.8. The Morgan fingerprint density at radius 3 is 2.45 bits per heavy atom. The Morgan fingerprint density at radius 1 is 1.09 bits per heavy atom. The number of halogens is 2. The lowest BCUT2D eigenvalue weighted by Gasteiger charge is -2.24. The third kappa shape index (κ3) is 8.98. The Balaban J connectivity index is 2.03. The maximum Gasteiger partial charge on any atom is 0.305 e. The number of benzene rings is 1. The maximum absolute atomic E-state index is 11.6. The van der Waals surface area contributed by atoms with Crippen LogP contribution < -0.4 is 0 Å². The number of carbonyl (C=O) groups is 2. The fraction of sp³-hybridized carbons (Fsp3) is 0.630. The van der Waals surface area contributed by atoms with Crippen molar-refractivity contribution < 1.29 is 19.1 Å². The molecule has 0 radical (unpaired) electrons. The van der Waals surface area contributed by atoms with Crippen LogP contribution in [0.15, 0.2) is 36.4 Å². The summed E-state index contributed by atoms with van der Waals surface area (Å²) in [6.07, 6.45) is 11.9. The zero-order chi connectivity index (χ0) is 24.2. The second-order valence-electron chi connectivity index (χ2n) is 8.89. The van der Waals surface area contributed by atoms with Crippen molar-refractivity contribution in [2.24, 2.45) is 5.92 Å². The standard InChI is InChI=1S/C27H38Cl2O4/c1-4-5-8-12-25(33-19(2)30)20-14-16-21(17-15-20)27-22(23(28)18-24(27)29)11-9-6-7-10-13-26(31)32-3/h6,9,14-17,22-25,27H,4-5,7-8,10-13,18H2,1-3H3/b9-6-/t22-,23-,24-,25?,27+/m0/s1. The first-order valence-corrected chi connectivity index (χ1v) is 13.0. The van der Waals surface area contributed by atoms with Gasteiger partial charge in [-0.2, -0.15) is 0 Å². The van der Waals surface area contributed by atoms with Crippen LogP contribution in [0, 0.1) is 5.92 Å². The first kappa shape index (κ1) is 27.7. The third-order valence-corrected chi connectivity index (χ3v) is 7.34. The molecule has 0 aliphatic heterocycles. The van der Waals surface area contributed by atoms with E-state index in [2.05, 4.69) is 48.1 Å². The summed E-state index contributed by atoms with van der Waals surface area (Å²) in [5.74, 6) is 0.0105. The highest BCUT2D eigenvalue weighted by atomic mass is 35.5. The second kappa shape index (κ2) is 14.7. The average molecular weight is 498 g/mol. The van der Waals surface area contributed by atoms with E-state index in [1.165, 1.54) is 19.6 Å². The molecule has 0 N–H and O–H groups in total. The molecule has 1 saturated carbocycles. The van der Waals surface area contributed by atoms with Crippen molar-refractivity contribution >= 4 is 35.1 Å². The molecular weight excluding hydrogens is 459 g/mol. The first-order valence-electron chi connectivity index (χ1n) is 12.1. The van der Waals surface area contributed by atoms with Gasteiger partial charge >= 0.3 is 11.9 Å². The number of ether oxygens (including phenoxy) is 2. The van der Waals surface area contributed by atoms with Gasteiger partial charge in [0, 0.05) is 30.0 Å². The van der Waals surface area contributed by atoms with Gasteiger partial charge in [0.25, 0.3) is 0 Å². The van der Waals surface area contributed by atoms with Crippen molar-refractivity contribution in [3.8, 4) is 0 Å². The number of hydrogen-bond acceptors (Lipinski definition) is 4. The molecule has 4 nitrogen and oxygen atoms in total. The van der Waals surface area contributed by atoms with Crippen LogP contribution in [0.25, 0.3) is 0 Å². The van der Waals surface area contributed by atoms with Crippen molar-refractivity contribution in [2.75, 3.05) is 7.11 Å². The number of rotatable bonds is 13. The van der Waals surface area contributed by atoms with Crippen molar-refractivity contribution in [3.05, 3.63) is 47.5 Å². The summed E-state index contributed by atoms with van der Waals surface area (Å²) in [5, 5.41) is 0.0182. The molecule has 1 fully saturated rings. The summed E-state index contributed by atoms with van der Waals surface area (Å²) < 4.78 is 10.3. The molecule has 0 saturated heterocycles. The number of methoxy groups -OCH3 is 1. The molecular formula is C27H38Cl2O4. The topological polar surface area (TPSA) is 52.6 Å². The highest BCUT2D eigenvalue weighted by molar-refractivity contribution is 6.25. The smallest absolute Gasteiger partial charge is 0.305 e. The van der Waals surface area contributed by atoms with Gasteiger partial charge in [0.15, 0.2) is 0 Å². The summed E-state index contributed by atoms with van der Waals surface area (Å²) in [7, 11) is 1.41. The van der Waals surface area contributed by atoms with Crippen LogP contribution in [0.1, 0.15) is 94.8 Å². The minimum absolute atomic E-state index is 0.00936. The normalized spacial score (nSPS) is 23.5. The minimum Gasteiger partial charge on any atom is -0.469 e. The number of carbonyl (C=O) groups excluding carboxylic acids is 2. The lowest BCUT2D eigenvalue weighted by molar-refractivity contribution is -0.147. The Hall–Kier alpha value is -1.52. The van der Waals surface area contributed by atoms with Gasteiger partial charge in [-0.1, -0.05) is 56.2 Å². The second-order valence-corrected chi connectivity index (χ2v) is 10.0. The van der Waals surface area contributed by atoms with E-state index >= 15 is 0 Å². The zero-order valence-corrected chi connectivity index (χ0v) is 21.6. The largest absolute Gasteiger partial charge is 0.469 e. The SMILES string of the molecule is CCCCCC(OC(C)=O)c1ccc([C@@H]2[C@@H](C/C=C\CCCC(=O)OC)[C@@H](Cl)C[C@@H]2Cl)cc1. The van der Waals surface area contributed by atoms with Gasteiger partial charge in [0.2, 0.25) is 0 Å². The molecule has 1 aromatic rings. The van der Waals surface area contributed by atoms with Gasteiger partial charge in [0.05, 0.1) is 7.11 Å². The molecule has 0 amide bonds. The van der Waals surface area contributed by atoms with Crippen LogP contribution in [0.2, 0.25) is 0 Å². The van der Waals surface area contributed by atoms with E-state index in [1.807, 2.05) is 0 Å². The third-order valence-electron chi connectivity index (χ3n) is 6.39. The highest BCUT2D eigenvalue weighted by Gasteiger charge is 2.41. The van der Waals surface area contributed by atoms with E-state index in [4.69, 9.17) is 27.9 Å². The van der Waals surface area contributed by atoms with Crippen LogP contribution in [-0.4, -0.2) is 29.8 Å². The lowest BCUT2D eigenvalue weighted by Crippen LogP contribution is -2.16. The number of unbranched alkanes of at least 4 members (excludes halogenated alkanes) is 3. The quantitative estimate of drug-likeness (QED) is 0.123. The van der Waals surface area contributed by atoms with Gasteiger partial charge in [0.1, 0.15) is 6.10 Å². The molecule has 0 bridgehead atoms.